The summed E-state index contributed by atoms with van der Waals surface area (Å²) in [6.07, 6.45) is 0.190. The lowest BCUT2D eigenvalue weighted by atomic mass is 10.00. The summed E-state index contributed by atoms with van der Waals surface area (Å²) in [5.41, 5.74) is 8.06. The minimum atomic E-state index is -0.478. The third-order valence-electron chi connectivity index (χ3n) is 2.35. The fourth-order valence-corrected chi connectivity index (χ4v) is 2.12. The fourth-order valence-electron chi connectivity index (χ4n) is 1.36. The molecule has 1 rings (SSSR count). The van der Waals surface area contributed by atoms with Gasteiger partial charge in [-0.15, -0.1) is 0 Å². The number of hydrogen-bond donors (Lipinski definition) is 2. The van der Waals surface area contributed by atoms with Crippen LogP contribution < -0.4 is 5.73 Å². The highest BCUT2D eigenvalue weighted by Gasteiger charge is 2.16. The molecule has 3 heteroatoms. The Labute approximate surface area is 93.3 Å². The smallest absolute Gasteiger partial charge is 0.0730 e. The molecule has 2 atom stereocenters. The maximum Gasteiger partial charge on any atom is 0.0730 e. The average Bonchev–Trinajstić information content (AvgIpc) is 2.15. The van der Waals surface area contributed by atoms with Crippen molar-refractivity contribution in [3.8, 4) is 0 Å². The maximum absolute atomic E-state index is 9.63. The van der Waals surface area contributed by atoms with E-state index in [1.165, 1.54) is 5.56 Å². The quantitative estimate of drug-likeness (QED) is 0.875. The summed E-state index contributed by atoms with van der Waals surface area (Å²) < 4.78 is 0.970. The molecule has 78 valence electrons. The molecule has 3 N–H and O–H groups in total. The molecule has 0 saturated carbocycles. The predicted octanol–water partition coefficient (Wildman–Crippen LogP) is 2.53. The number of rotatable bonds is 3. The Morgan fingerprint density at radius 2 is 2.14 bits per heavy atom. The summed E-state index contributed by atoms with van der Waals surface area (Å²) >= 11 is 3.45. The molecule has 0 aliphatic heterocycles. The van der Waals surface area contributed by atoms with Gasteiger partial charge in [0.1, 0.15) is 0 Å². The Hall–Kier alpha value is -0.380. The Morgan fingerprint density at radius 1 is 1.50 bits per heavy atom. The highest BCUT2D eigenvalue weighted by molar-refractivity contribution is 9.10. The lowest BCUT2D eigenvalue weighted by Crippen LogP contribution is -2.25. The lowest BCUT2D eigenvalue weighted by molar-refractivity contribution is 0.140. The molecule has 0 heterocycles. The van der Waals surface area contributed by atoms with Crippen molar-refractivity contribution in [3.63, 3.8) is 0 Å². The normalized spacial score (nSPS) is 15.2. The molecule has 0 fully saturated rings. The van der Waals surface area contributed by atoms with E-state index in [1.54, 1.807) is 0 Å². The zero-order chi connectivity index (χ0) is 10.7. The first kappa shape index (κ1) is 11.7. The zero-order valence-electron chi connectivity index (χ0n) is 8.50. The van der Waals surface area contributed by atoms with E-state index in [-0.39, 0.29) is 6.04 Å². The molecular formula is C11H16BrNO. The van der Waals surface area contributed by atoms with Gasteiger partial charge in [0.15, 0.2) is 0 Å². The summed E-state index contributed by atoms with van der Waals surface area (Å²) in [5, 5.41) is 9.63. The highest BCUT2D eigenvalue weighted by Crippen LogP contribution is 2.25. The summed E-state index contributed by atoms with van der Waals surface area (Å²) in [4.78, 5) is 0. The standard InChI is InChI=1S/C11H16BrNO/c1-3-10(14)11(13)8-5-4-7(2)6-9(8)12/h4-6,10-11,14H,3,13H2,1-2H3/t10-,11+/m0/s1. The van der Waals surface area contributed by atoms with Gasteiger partial charge in [0.05, 0.1) is 12.1 Å². The van der Waals surface area contributed by atoms with E-state index < -0.39 is 6.10 Å². The molecule has 0 aliphatic carbocycles. The SMILES string of the molecule is CC[C@H](O)[C@H](N)c1ccc(C)cc1Br. The van der Waals surface area contributed by atoms with Crippen LogP contribution in [0.4, 0.5) is 0 Å². The first-order chi connectivity index (χ1) is 6.56. The van der Waals surface area contributed by atoms with Crippen LogP contribution in [0.15, 0.2) is 22.7 Å². The van der Waals surface area contributed by atoms with Crippen LogP contribution in [0, 0.1) is 6.92 Å². The Bertz CT molecular complexity index is 314. The lowest BCUT2D eigenvalue weighted by Gasteiger charge is -2.19. The predicted molar refractivity (Wildman–Crippen MR) is 62.1 cm³/mol. The van der Waals surface area contributed by atoms with Crippen LogP contribution >= 0.6 is 15.9 Å². The summed E-state index contributed by atoms with van der Waals surface area (Å²) in [7, 11) is 0. The van der Waals surface area contributed by atoms with Gasteiger partial charge in [-0.1, -0.05) is 35.0 Å². The Balaban J connectivity index is 2.95. The van der Waals surface area contributed by atoms with Crippen LogP contribution in [-0.2, 0) is 0 Å². The van der Waals surface area contributed by atoms with Crippen molar-refractivity contribution in [3.05, 3.63) is 33.8 Å². The van der Waals surface area contributed by atoms with Gasteiger partial charge in [-0.3, -0.25) is 0 Å². The molecule has 0 unspecified atom stereocenters. The van der Waals surface area contributed by atoms with Gasteiger partial charge >= 0.3 is 0 Å². The van der Waals surface area contributed by atoms with Crippen LogP contribution in [0.1, 0.15) is 30.5 Å². The first-order valence-electron chi connectivity index (χ1n) is 4.76. The van der Waals surface area contributed by atoms with E-state index in [0.29, 0.717) is 6.42 Å². The minimum absolute atomic E-state index is 0.310. The van der Waals surface area contributed by atoms with Gasteiger partial charge in [-0.25, -0.2) is 0 Å². The molecule has 0 amide bonds. The highest BCUT2D eigenvalue weighted by atomic mass is 79.9. The fraction of sp³-hybridized carbons (Fsp3) is 0.455. The number of nitrogens with two attached hydrogens (primary N) is 1. The van der Waals surface area contributed by atoms with E-state index in [0.717, 1.165) is 10.0 Å². The van der Waals surface area contributed by atoms with E-state index in [1.807, 2.05) is 32.0 Å². The van der Waals surface area contributed by atoms with Gasteiger partial charge in [-0.05, 0) is 30.5 Å². The zero-order valence-corrected chi connectivity index (χ0v) is 10.1. The molecule has 1 aromatic carbocycles. The van der Waals surface area contributed by atoms with E-state index in [2.05, 4.69) is 15.9 Å². The summed E-state index contributed by atoms with van der Waals surface area (Å²) in [5.74, 6) is 0. The largest absolute Gasteiger partial charge is 0.391 e. The topological polar surface area (TPSA) is 46.2 Å². The third kappa shape index (κ3) is 2.56. The van der Waals surface area contributed by atoms with Gasteiger partial charge in [0.2, 0.25) is 0 Å². The van der Waals surface area contributed by atoms with Gasteiger partial charge in [0.25, 0.3) is 0 Å². The van der Waals surface area contributed by atoms with Crippen LogP contribution in [0.5, 0.6) is 0 Å². The summed E-state index contributed by atoms with van der Waals surface area (Å²) in [6.45, 7) is 3.95. The third-order valence-corrected chi connectivity index (χ3v) is 3.03. The molecule has 2 nitrogen and oxygen atoms in total. The molecule has 0 aliphatic rings. The molecule has 14 heavy (non-hydrogen) atoms. The monoisotopic (exact) mass is 257 g/mol. The van der Waals surface area contributed by atoms with Gasteiger partial charge < -0.3 is 10.8 Å². The van der Waals surface area contributed by atoms with Crippen molar-refractivity contribution in [1.29, 1.82) is 0 Å². The number of aliphatic hydroxyl groups excluding tert-OH is 1. The number of benzene rings is 1. The Kier molecular flexibility index (Phi) is 4.11. The van der Waals surface area contributed by atoms with Crippen molar-refractivity contribution in [2.45, 2.75) is 32.4 Å². The molecule has 0 bridgehead atoms. The van der Waals surface area contributed by atoms with Crippen molar-refractivity contribution >= 4 is 15.9 Å². The minimum Gasteiger partial charge on any atom is -0.391 e. The second kappa shape index (κ2) is 4.91. The van der Waals surface area contributed by atoms with E-state index >= 15 is 0 Å². The summed E-state index contributed by atoms with van der Waals surface area (Å²) in [6, 6.07) is 5.66. The second-order valence-electron chi connectivity index (χ2n) is 3.53. The van der Waals surface area contributed by atoms with Gasteiger partial charge in [-0.2, -0.15) is 0 Å². The van der Waals surface area contributed by atoms with Gasteiger partial charge in [0, 0.05) is 4.47 Å². The maximum atomic E-state index is 9.63. The van der Waals surface area contributed by atoms with Crippen molar-refractivity contribution in [2.24, 2.45) is 5.73 Å². The van der Waals surface area contributed by atoms with Crippen LogP contribution in [0.25, 0.3) is 0 Å². The molecule has 0 spiro atoms. The van der Waals surface area contributed by atoms with Crippen molar-refractivity contribution in [2.75, 3.05) is 0 Å². The van der Waals surface area contributed by atoms with Crippen LogP contribution in [-0.4, -0.2) is 11.2 Å². The second-order valence-corrected chi connectivity index (χ2v) is 4.38. The molecule has 0 radical (unpaired) electrons. The average molecular weight is 258 g/mol. The number of aliphatic hydroxyl groups is 1. The molecule has 1 aromatic rings. The Morgan fingerprint density at radius 3 is 2.64 bits per heavy atom. The number of aryl methyl sites for hydroxylation is 1. The van der Waals surface area contributed by atoms with E-state index in [4.69, 9.17) is 5.73 Å². The number of hydrogen-bond acceptors (Lipinski definition) is 2. The van der Waals surface area contributed by atoms with Crippen molar-refractivity contribution in [1.82, 2.24) is 0 Å². The van der Waals surface area contributed by atoms with E-state index in [9.17, 15) is 5.11 Å². The molecular weight excluding hydrogens is 242 g/mol. The number of halogens is 1. The van der Waals surface area contributed by atoms with Crippen LogP contribution in [0.3, 0.4) is 0 Å². The molecule has 0 saturated heterocycles. The first-order valence-corrected chi connectivity index (χ1v) is 5.55. The van der Waals surface area contributed by atoms with Crippen molar-refractivity contribution < 1.29 is 5.11 Å². The van der Waals surface area contributed by atoms with Crippen LogP contribution in [0.2, 0.25) is 0 Å². The molecule has 0 aromatic heterocycles.